The lowest BCUT2D eigenvalue weighted by Crippen LogP contribution is -2.33. The van der Waals surface area contributed by atoms with E-state index in [-0.39, 0.29) is 11.8 Å². The van der Waals surface area contributed by atoms with Crippen molar-refractivity contribution in [2.75, 3.05) is 39.3 Å². The van der Waals surface area contributed by atoms with Crippen LogP contribution in [0.5, 0.6) is 11.5 Å². The molecule has 0 radical (unpaired) electrons. The van der Waals surface area contributed by atoms with Crippen LogP contribution in [0.2, 0.25) is 0 Å². The van der Waals surface area contributed by atoms with E-state index in [1.165, 1.54) is 12.1 Å². The van der Waals surface area contributed by atoms with E-state index in [4.69, 9.17) is 0 Å². The SMILES string of the molecule is CCCN1CCC(c2cccc(OC(F)(F)F)c2F)CC1.CCN1CCC(c2cccc(OC(F)(F)F)c2F)CC1. The number of nitrogens with zero attached hydrogens (tertiary/aromatic N) is 2. The van der Waals surface area contributed by atoms with Crippen LogP contribution in [0.1, 0.15) is 68.9 Å². The van der Waals surface area contributed by atoms with Gasteiger partial charge in [-0.1, -0.05) is 38.1 Å². The first-order valence-electron chi connectivity index (χ1n) is 13.8. The molecule has 4 nitrogen and oxygen atoms in total. The highest BCUT2D eigenvalue weighted by Crippen LogP contribution is 2.36. The highest BCUT2D eigenvalue weighted by atomic mass is 19.4. The summed E-state index contributed by atoms with van der Waals surface area (Å²) >= 11 is 0. The molecule has 0 spiro atoms. The number of hydrogen-bond acceptors (Lipinski definition) is 4. The zero-order valence-electron chi connectivity index (χ0n) is 23.1. The maximum absolute atomic E-state index is 14.2. The maximum Gasteiger partial charge on any atom is 0.573 e. The van der Waals surface area contributed by atoms with Crippen LogP contribution in [0.4, 0.5) is 35.1 Å². The minimum absolute atomic E-state index is 0.0464. The van der Waals surface area contributed by atoms with Crippen molar-refractivity contribution in [1.82, 2.24) is 9.80 Å². The normalized spacial score (nSPS) is 18.1. The van der Waals surface area contributed by atoms with Crippen LogP contribution in [0.25, 0.3) is 0 Å². The molecule has 12 heteroatoms. The molecule has 0 atom stereocenters. The van der Waals surface area contributed by atoms with Gasteiger partial charge in [-0.25, -0.2) is 8.78 Å². The van der Waals surface area contributed by atoms with Crippen molar-refractivity contribution in [2.45, 2.75) is 70.5 Å². The van der Waals surface area contributed by atoms with Gasteiger partial charge in [-0.15, -0.1) is 26.3 Å². The minimum Gasteiger partial charge on any atom is -0.403 e. The number of piperidine rings is 2. The Labute approximate surface area is 235 Å². The summed E-state index contributed by atoms with van der Waals surface area (Å²) in [6.45, 7) is 9.47. The molecule has 2 fully saturated rings. The average Bonchev–Trinajstić information content (AvgIpc) is 2.91. The molecule has 2 aliphatic rings. The molecule has 2 aromatic carbocycles. The highest BCUT2D eigenvalue weighted by molar-refractivity contribution is 5.34. The standard InChI is InChI=1S/C15H19F4NO.C14H17F4NO/c1-2-8-20-9-6-11(7-10-20)12-4-3-5-13(14(12)16)21-15(17,18)19;1-2-19-8-6-10(7-9-19)11-4-3-5-12(13(11)15)20-14(16,17)18/h3-5,11H,2,6-10H2,1H3;3-5,10H,2,6-9H2,1H3. The zero-order chi connectivity index (χ0) is 30.2. The molecule has 230 valence electrons. The fourth-order valence-corrected chi connectivity index (χ4v) is 5.44. The monoisotopic (exact) mass is 596 g/mol. The average molecular weight is 597 g/mol. The second kappa shape index (κ2) is 14.5. The summed E-state index contributed by atoms with van der Waals surface area (Å²) in [5.74, 6) is -3.35. The molecule has 0 aromatic heterocycles. The van der Waals surface area contributed by atoms with Gasteiger partial charge in [0, 0.05) is 0 Å². The van der Waals surface area contributed by atoms with E-state index in [2.05, 4.69) is 33.1 Å². The predicted octanol–water partition coefficient (Wildman–Crippen LogP) is 8.24. The molecule has 0 unspecified atom stereocenters. The summed E-state index contributed by atoms with van der Waals surface area (Å²) in [4.78, 5) is 4.54. The molecule has 0 aliphatic carbocycles. The van der Waals surface area contributed by atoms with Gasteiger partial charge in [0.05, 0.1) is 0 Å². The zero-order valence-corrected chi connectivity index (χ0v) is 23.1. The second-order valence-electron chi connectivity index (χ2n) is 10.2. The lowest BCUT2D eigenvalue weighted by Gasteiger charge is -2.32. The number of ether oxygens (including phenoxy) is 2. The molecule has 2 aliphatic heterocycles. The van der Waals surface area contributed by atoms with Crippen molar-refractivity contribution < 1.29 is 44.6 Å². The van der Waals surface area contributed by atoms with Crippen LogP contribution in [-0.4, -0.2) is 61.8 Å². The van der Waals surface area contributed by atoms with Gasteiger partial charge in [0.15, 0.2) is 23.1 Å². The third-order valence-electron chi connectivity index (χ3n) is 7.48. The Morgan fingerprint density at radius 2 is 1.05 bits per heavy atom. The quantitative estimate of drug-likeness (QED) is 0.301. The Morgan fingerprint density at radius 1 is 0.659 bits per heavy atom. The number of benzene rings is 2. The topological polar surface area (TPSA) is 24.9 Å². The summed E-state index contributed by atoms with van der Waals surface area (Å²) < 4.78 is 109. The lowest BCUT2D eigenvalue weighted by molar-refractivity contribution is -0.276. The van der Waals surface area contributed by atoms with E-state index in [1.807, 2.05) is 0 Å². The maximum atomic E-state index is 14.2. The van der Waals surface area contributed by atoms with Gasteiger partial charge >= 0.3 is 12.7 Å². The van der Waals surface area contributed by atoms with E-state index in [0.29, 0.717) is 11.1 Å². The Hall–Kier alpha value is -2.60. The molecule has 4 rings (SSSR count). The molecule has 0 saturated carbocycles. The molecule has 0 N–H and O–H groups in total. The summed E-state index contributed by atoms with van der Waals surface area (Å²) in [5.41, 5.74) is 0.649. The van der Waals surface area contributed by atoms with Gasteiger partial charge in [-0.2, -0.15) is 0 Å². The number of rotatable bonds is 7. The Balaban J connectivity index is 0.000000226. The number of likely N-dealkylation sites (tertiary alicyclic amines) is 2. The molecule has 2 aromatic rings. The first-order valence-corrected chi connectivity index (χ1v) is 13.8. The largest absolute Gasteiger partial charge is 0.573 e. The van der Waals surface area contributed by atoms with Gasteiger partial charge in [-0.05, 0) is 106 Å². The molecule has 2 saturated heterocycles. The van der Waals surface area contributed by atoms with Crippen molar-refractivity contribution >= 4 is 0 Å². The summed E-state index contributed by atoms with van der Waals surface area (Å²) in [6.07, 6.45) is -5.66. The van der Waals surface area contributed by atoms with E-state index in [9.17, 15) is 35.1 Å². The Morgan fingerprint density at radius 3 is 1.39 bits per heavy atom. The van der Waals surface area contributed by atoms with Crippen molar-refractivity contribution in [1.29, 1.82) is 0 Å². The molecular formula is C29H36F8N2O2. The van der Waals surface area contributed by atoms with E-state index in [1.54, 1.807) is 12.1 Å². The molecule has 0 bridgehead atoms. The van der Waals surface area contributed by atoms with Crippen LogP contribution in [0, 0.1) is 11.6 Å². The van der Waals surface area contributed by atoms with E-state index in [0.717, 1.165) is 83.5 Å². The smallest absolute Gasteiger partial charge is 0.403 e. The fraction of sp³-hybridized carbons (Fsp3) is 0.586. The van der Waals surface area contributed by atoms with Crippen molar-refractivity contribution in [3.8, 4) is 11.5 Å². The summed E-state index contributed by atoms with van der Waals surface area (Å²) in [6, 6.07) is 7.94. The molecule has 0 amide bonds. The minimum atomic E-state index is -4.87. The lowest BCUT2D eigenvalue weighted by atomic mass is 9.89. The summed E-state index contributed by atoms with van der Waals surface area (Å²) in [7, 11) is 0. The van der Waals surface area contributed by atoms with Crippen LogP contribution in [-0.2, 0) is 0 Å². The molecule has 2 heterocycles. The number of alkyl halides is 6. The van der Waals surface area contributed by atoms with Gasteiger partial charge in [0.1, 0.15) is 0 Å². The van der Waals surface area contributed by atoms with Gasteiger partial charge in [-0.3, -0.25) is 0 Å². The third kappa shape index (κ3) is 10.0. The van der Waals surface area contributed by atoms with E-state index >= 15 is 0 Å². The van der Waals surface area contributed by atoms with Crippen LogP contribution in [0.3, 0.4) is 0 Å². The first kappa shape index (κ1) is 32.9. The Bertz CT molecular complexity index is 1090. The van der Waals surface area contributed by atoms with Crippen LogP contribution in [0.15, 0.2) is 36.4 Å². The second-order valence-corrected chi connectivity index (χ2v) is 10.2. The molecule has 41 heavy (non-hydrogen) atoms. The van der Waals surface area contributed by atoms with E-state index < -0.39 is 35.9 Å². The van der Waals surface area contributed by atoms with Crippen LogP contribution < -0.4 is 9.47 Å². The molecular weight excluding hydrogens is 560 g/mol. The fourth-order valence-electron chi connectivity index (χ4n) is 5.44. The van der Waals surface area contributed by atoms with Crippen molar-refractivity contribution in [3.05, 3.63) is 59.2 Å². The number of halogens is 8. The van der Waals surface area contributed by atoms with Gasteiger partial charge in [0.2, 0.25) is 0 Å². The predicted molar refractivity (Wildman–Crippen MR) is 139 cm³/mol. The number of hydrogen-bond donors (Lipinski definition) is 0. The van der Waals surface area contributed by atoms with Crippen molar-refractivity contribution in [3.63, 3.8) is 0 Å². The Kier molecular flexibility index (Phi) is 11.7. The van der Waals surface area contributed by atoms with Gasteiger partial charge < -0.3 is 19.3 Å². The third-order valence-corrected chi connectivity index (χ3v) is 7.48. The van der Waals surface area contributed by atoms with Gasteiger partial charge in [0.25, 0.3) is 0 Å². The summed E-state index contributed by atoms with van der Waals surface area (Å²) in [5, 5.41) is 0. The highest BCUT2D eigenvalue weighted by Gasteiger charge is 2.35. The van der Waals surface area contributed by atoms with Crippen LogP contribution >= 0.6 is 0 Å². The van der Waals surface area contributed by atoms with Crippen molar-refractivity contribution in [2.24, 2.45) is 0 Å². The first-order chi connectivity index (χ1) is 19.3.